The zero-order valence-corrected chi connectivity index (χ0v) is 7.38. The van der Waals surface area contributed by atoms with Crippen LogP contribution in [0.4, 0.5) is 0 Å². The highest BCUT2D eigenvalue weighted by Crippen LogP contribution is 2.10. The van der Waals surface area contributed by atoms with Gasteiger partial charge in [-0.1, -0.05) is 0 Å². The fourth-order valence-corrected chi connectivity index (χ4v) is 1.22. The maximum absolute atomic E-state index is 8.00. The van der Waals surface area contributed by atoms with Crippen molar-refractivity contribution in [1.82, 2.24) is 4.90 Å². The predicted molar refractivity (Wildman–Crippen MR) is 44.6 cm³/mol. The van der Waals surface area contributed by atoms with Crippen molar-refractivity contribution in [3.8, 4) is 0 Å². The normalized spacial score (nSPS) is 20.5. The number of rotatable bonds is 1. The third-order valence-corrected chi connectivity index (χ3v) is 2.00. The molecule has 0 bridgehead atoms. The quantitative estimate of drug-likeness (QED) is 0.559. The first kappa shape index (κ1) is 10.6. The second-order valence-electron chi connectivity index (χ2n) is 2.74. The van der Waals surface area contributed by atoms with Crippen LogP contribution in [-0.4, -0.2) is 45.0 Å². The van der Waals surface area contributed by atoms with Gasteiger partial charge < -0.3 is 14.4 Å². The molecule has 1 aliphatic rings. The lowest BCUT2D eigenvalue weighted by Gasteiger charge is -2.27. The molecule has 1 aliphatic heterocycles. The van der Waals surface area contributed by atoms with E-state index in [-0.39, 0.29) is 0 Å². The van der Waals surface area contributed by atoms with Crippen LogP contribution in [0.15, 0.2) is 0 Å². The van der Waals surface area contributed by atoms with Gasteiger partial charge in [-0.3, -0.25) is 0 Å². The average molecular weight is 159 g/mol. The lowest BCUT2D eigenvalue weighted by atomic mass is 10.1. The Bertz CT molecular complexity index is 90.1. The van der Waals surface area contributed by atoms with E-state index in [1.807, 2.05) is 6.79 Å². The number of nitrogens with zero attached hydrogens (tertiary/aromatic N) is 1. The van der Waals surface area contributed by atoms with Crippen LogP contribution in [0.1, 0.15) is 12.8 Å². The molecule has 0 atom stereocenters. The van der Waals surface area contributed by atoms with Gasteiger partial charge in [-0.15, -0.1) is 0 Å². The number of hydrogen-bond donors (Lipinski definition) is 0. The smallest absolute Gasteiger partial charge is 0.106 e. The van der Waals surface area contributed by atoms with Gasteiger partial charge in [-0.2, -0.15) is 0 Å². The number of ether oxygens (including phenoxy) is 1. The van der Waals surface area contributed by atoms with Gasteiger partial charge in [0, 0.05) is 20.2 Å². The summed E-state index contributed by atoms with van der Waals surface area (Å²) in [5.41, 5.74) is 0. The molecule has 1 fully saturated rings. The Labute approximate surface area is 68.3 Å². The van der Waals surface area contributed by atoms with Crippen LogP contribution in [0.25, 0.3) is 0 Å². The Morgan fingerprint density at radius 1 is 1.36 bits per heavy atom. The molecule has 3 heteroatoms. The molecule has 0 aliphatic carbocycles. The molecule has 11 heavy (non-hydrogen) atoms. The molecule has 66 valence electrons. The molecule has 0 N–H and O–H groups in total. The fourth-order valence-electron chi connectivity index (χ4n) is 1.22. The summed E-state index contributed by atoms with van der Waals surface area (Å²) in [4.78, 5) is 10.3. The van der Waals surface area contributed by atoms with Crippen LogP contribution < -0.4 is 0 Å². The zero-order chi connectivity index (χ0) is 8.69. The van der Waals surface area contributed by atoms with Crippen molar-refractivity contribution in [2.45, 2.75) is 18.9 Å². The third kappa shape index (κ3) is 4.11. The van der Waals surface area contributed by atoms with Crippen LogP contribution in [-0.2, 0) is 9.53 Å². The summed E-state index contributed by atoms with van der Waals surface area (Å²) in [6, 6.07) is 0. The minimum absolute atomic E-state index is 0.529. The number of hydrogen-bond acceptors (Lipinski definition) is 3. The number of piperidine rings is 1. The molecule has 1 rings (SSSR count). The Balaban J connectivity index is 0.000000461. The third-order valence-electron chi connectivity index (χ3n) is 2.00. The Hall–Kier alpha value is -0.410. The van der Waals surface area contributed by atoms with E-state index in [1.54, 1.807) is 7.11 Å². The van der Waals surface area contributed by atoms with E-state index in [0.29, 0.717) is 6.10 Å². The van der Waals surface area contributed by atoms with E-state index in [4.69, 9.17) is 9.53 Å². The molecule has 0 radical (unpaired) electrons. The summed E-state index contributed by atoms with van der Waals surface area (Å²) in [5, 5.41) is 0. The monoisotopic (exact) mass is 159 g/mol. The predicted octanol–water partition coefficient (Wildman–Crippen LogP) is 0.542. The molecule has 0 amide bonds. The number of methoxy groups -OCH3 is 1. The highest BCUT2D eigenvalue weighted by Gasteiger charge is 2.14. The van der Waals surface area contributed by atoms with Crippen LogP contribution in [0.5, 0.6) is 0 Å². The van der Waals surface area contributed by atoms with E-state index in [9.17, 15) is 0 Å². The summed E-state index contributed by atoms with van der Waals surface area (Å²) in [6.07, 6.45) is 2.93. The number of carbonyl (C=O) groups excluding carboxylic acids is 1. The Morgan fingerprint density at radius 3 is 2.18 bits per heavy atom. The first-order chi connectivity index (χ1) is 5.33. The summed E-state index contributed by atoms with van der Waals surface area (Å²) in [7, 11) is 3.96. The summed E-state index contributed by atoms with van der Waals surface area (Å²) >= 11 is 0. The molecule has 0 aromatic heterocycles. The van der Waals surface area contributed by atoms with Crippen LogP contribution >= 0.6 is 0 Å². The van der Waals surface area contributed by atoms with E-state index in [1.165, 1.54) is 25.9 Å². The van der Waals surface area contributed by atoms with Gasteiger partial charge in [-0.05, 0) is 19.9 Å². The minimum Gasteiger partial charge on any atom is -0.381 e. The van der Waals surface area contributed by atoms with Gasteiger partial charge in [0.05, 0.1) is 6.10 Å². The van der Waals surface area contributed by atoms with Crippen LogP contribution in [0.3, 0.4) is 0 Å². The van der Waals surface area contributed by atoms with E-state index >= 15 is 0 Å². The van der Waals surface area contributed by atoms with Crippen molar-refractivity contribution < 1.29 is 9.53 Å². The molecule has 0 spiro atoms. The largest absolute Gasteiger partial charge is 0.381 e. The van der Waals surface area contributed by atoms with Gasteiger partial charge in [0.15, 0.2) is 0 Å². The Kier molecular flexibility index (Phi) is 6.07. The molecular formula is C8H17NO2. The van der Waals surface area contributed by atoms with Crippen molar-refractivity contribution in [1.29, 1.82) is 0 Å². The van der Waals surface area contributed by atoms with Gasteiger partial charge in [0.2, 0.25) is 0 Å². The minimum atomic E-state index is 0.529. The molecule has 0 aromatic carbocycles. The van der Waals surface area contributed by atoms with Gasteiger partial charge >= 0.3 is 0 Å². The highest BCUT2D eigenvalue weighted by molar-refractivity contribution is 5.10. The van der Waals surface area contributed by atoms with Crippen molar-refractivity contribution in [3.05, 3.63) is 0 Å². The second-order valence-corrected chi connectivity index (χ2v) is 2.74. The fraction of sp³-hybridized carbons (Fsp3) is 0.875. The Morgan fingerprint density at radius 2 is 1.82 bits per heavy atom. The maximum atomic E-state index is 8.00. The first-order valence-electron chi connectivity index (χ1n) is 3.83. The standard InChI is InChI=1S/C7H15NO.CH2O/c1-8-5-3-7(9-2)4-6-8;1-2/h7H,3-6H2,1-2H3;1H2. The first-order valence-corrected chi connectivity index (χ1v) is 3.83. The summed E-state index contributed by atoms with van der Waals surface area (Å²) in [5.74, 6) is 0. The summed E-state index contributed by atoms with van der Waals surface area (Å²) < 4.78 is 5.21. The lowest BCUT2D eigenvalue weighted by molar-refractivity contribution is -0.0979. The summed E-state index contributed by atoms with van der Waals surface area (Å²) in [6.45, 7) is 4.39. The zero-order valence-electron chi connectivity index (χ0n) is 7.38. The lowest BCUT2D eigenvalue weighted by Crippen LogP contribution is -2.33. The molecule has 1 saturated heterocycles. The molecule has 1 heterocycles. The van der Waals surface area contributed by atoms with Crippen molar-refractivity contribution in [3.63, 3.8) is 0 Å². The van der Waals surface area contributed by atoms with Crippen molar-refractivity contribution >= 4 is 6.79 Å². The molecule has 3 nitrogen and oxygen atoms in total. The second kappa shape index (κ2) is 6.31. The van der Waals surface area contributed by atoms with E-state index in [2.05, 4.69) is 11.9 Å². The van der Waals surface area contributed by atoms with Gasteiger partial charge in [0.25, 0.3) is 0 Å². The van der Waals surface area contributed by atoms with E-state index < -0.39 is 0 Å². The van der Waals surface area contributed by atoms with Crippen molar-refractivity contribution in [2.24, 2.45) is 0 Å². The molecular weight excluding hydrogens is 142 g/mol. The number of likely N-dealkylation sites (tertiary alicyclic amines) is 1. The van der Waals surface area contributed by atoms with Crippen LogP contribution in [0.2, 0.25) is 0 Å². The molecule has 0 saturated carbocycles. The van der Waals surface area contributed by atoms with Crippen molar-refractivity contribution in [2.75, 3.05) is 27.2 Å². The molecule has 0 unspecified atom stereocenters. The highest BCUT2D eigenvalue weighted by atomic mass is 16.5. The number of carbonyl (C=O) groups is 1. The van der Waals surface area contributed by atoms with E-state index in [0.717, 1.165) is 0 Å². The SMILES string of the molecule is C=O.COC1CCN(C)CC1. The molecule has 0 aromatic rings. The van der Waals surface area contributed by atoms with Gasteiger partial charge in [0.1, 0.15) is 6.79 Å². The topological polar surface area (TPSA) is 29.5 Å². The van der Waals surface area contributed by atoms with Gasteiger partial charge in [-0.25, -0.2) is 0 Å². The average Bonchev–Trinajstić information content (AvgIpc) is 2.10. The van der Waals surface area contributed by atoms with Crippen LogP contribution in [0, 0.1) is 0 Å². The maximum Gasteiger partial charge on any atom is 0.106 e.